The second kappa shape index (κ2) is 9.66. The molecule has 2 aromatic carbocycles. The van der Waals surface area contributed by atoms with Crippen LogP contribution in [0.2, 0.25) is 0 Å². The van der Waals surface area contributed by atoms with Gasteiger partial charge in [-0.15, -0.1) is 11.3 Å². The van der Waals surface area contributed by atoms with Crippen LogP contribution < -0.4 is 10.5 Å². The van der Waals surface area contributed by atoms with Crippen LogP contribution in [0.3, 0.4) is 0 Å². The molecule has 0 bridgehead atoms. The predicted molar refractivity (Wildman–Crippen MR) is 131 cm³/mol. The Morgan fingerprint density at radius 2 is 1.84 bits per heavy atom. The lowest BCUT2D eigenvalue weighted by Crippen LogP contribution is -2.01. The van der Waals surface area contributed by atoms with Crippen molar-refractivity contribution >= 4 is 39.3 Å². The summed E-state index contributed by atoms with van der Waals surface area (Å²) >= 11 is 1.55. The molecular formula is C26H24N2O3S. The van der Waals surface area contributed by atoms with Crippen LogP contribution in [0.4, 0.5) is 5.82 Å². The summed E-state index contributed by atoms with van der Waals surface area (Å²) in [5.74, 6) is 1.07. The largest absolute Gasteiger partial charge is 0.478 e. The molecule has 4 rings (SSSR count). The molecule has 0 unspecified atom stereocenters. The van der Waals surface area contributed by atoms with E-state index in [9.17, 15) is 9.90 Å². The maximum Gasteiger partial charge on any atom is 0.331 e. The van der Waals surface area contributed by atoms with Crippen molar-refractivity contribution < 1.29 is 14.6 Å². The molecule has 5 nitrogen and oxygen atoms in total. The fraction of sp³-hybridized carbons (Fsp3) is 0.154. The number of aromatic nitrogens is 1. The number of nitrogens with two attached hydrogens (primary N) is 1. The van der Waals surface area contributed by atoms with E-state index in [2.05, 4.69) is 4.98 Å². The van der Waals surface area contributed by atoms with E-state index in [4.69, 9.17) is 10.5 Å². The van der Waals surface area contributed by atoms with Gasteiger partial charge in [0, 0.05) is 33.0 Å². The van der Waals surface area contributed by atoms with Crippen LogP contribution >= 0.6 is 11.3 Å². The Kier molecular flexibility index (Phi) is 6.52. The third-order valence-electron chi connectivity index (χ3n) is 5.20. The Morgan fingerprint density at radius 3 is 2.53 bits per heavy atom. The number of anilines is 1. The number of carboxylic acid groups (broad SMARTS) is 1. The molecule has 3 N–H and O–H groups in total. The van der Waals surface area contributed by atoms with E-state index < -0.39 is 5.97 Å². The van der Waals surface area contributed by atoms with Crippen molar-refractivity contribution in [1.82, 2.24) is 4.98 Å². The molecule has 0 saturated carbocycles. The molecule has 0 saturated heterocycles. The van der Waals surface area contributed by atoms with E-state index in [0.29, 0.717) is 17.8 Å². The van der Waals surface area contributed by atoms with Crippen molar-refractivity contribution in [2.24, 2.45) is 0 Å². The Hall–Kier alpha value is -3.64. The minimum Gasteiger partial charge on any atom is -0.478 e. The molecule has 0 atom stereocenters. The fourth-order valence-electron chi connectivity index (χ4n) is 3.53. The Labute approximate surface area is 190 Å². The average molecular weight is 445 g/mol. The van der Waals surface area contributed by atoms with Crippen molar-refractivity contribution in [2.75, 3.05) is 5.73 Å². The fourth-order valence-corrected chi connectivity index (χ4v) is 4.59. The Bertz CT molecular complexity index is 1260. The molecule has 0 spiro atoms. The number of para-hydroxylation sites is 1. The second-order valence-corrected chi connectivity index (χ2v) is 8.35. The normalized spacial score (nSPS) is 11.6. The maximum absolute atomic E-state index is 11.7. The van der Waals surface area contributed by atoms with Gasteiger partial charge in [-0.25, -0.2) is 9.78 Å². The number of aliphatic carboxylic acids is 1. The quantitative estimate of drug-likeness (QED) is 0.286. The van der Waals surface area contributed by atoms with Crippen LogP contribution in [0.15, 0.2) is 71.7 Å². The first-order valence-electron chi connectivity index (χ1n) is 10.5. The van der Waals surface area contributed by atoms with Crippen molar-refractivity contribution in [3.05, 3.63) is 77.3 Å². The third kappa shape index (κ3) is 4.65. The van der Waals surface area contributed by atoms with Gasteiger partial charge in [0.1, 0.15) is 17.3 Å². The number of hydrogen-bond acceptors (Lipinski definition) is 5. The van der Waals surface area contributed by atoms with Gasteiger partial charge in [0.2, 0.25) is 0 Å². The van der Waals surface area contributed by atoms with Crippen LogP contribution in [0, 0.1) is 0 Å². The average Bonchev–Trinajstić information content (AvgIpc) is 3.25. The lowest BCUT2D eigenvalue weighted by atomic mass is 10.0. The highest BCUT2D eigenvalue weighted by Crippen LogP contribution is 2.39. The molecule has 0 aliphatic carbocycles. The van der Waals surface area contributed by atoms with Crippen molar-refractivity contribution in [2.45, 2.75) is 26.2 Å². The number of nitrogens with zero attached hydrogens (tertiary/aromatic N) is 1. The number of hydrogen-bond donors (Lipinski definition) is 2. The van der Waals surface area contributed by atoms with Gasteiger partial charge in [-0.05, 0) is 54.1 Å². The molecule has 2 aromatic heterocycles. The Balaban J connectivity index is 1.69. The first kappa shape index (κ1) is 21.6. The SMILES string of the molecule is CCCC/C(=C\c1cnc(N)c2c(-c3ccc(Oc4ccccc4)cc3)csc12)C(=O)O. The van der Waals surface area contributed by atoms with Gasteiger partial charge in [-0.2, -0.15) is 0 Å². The van der Waals surface area contributed by atoms with Gasteiger partial charge in [0.05, 0.1) is 0 Å². The van der Waals surface area contributed by atoms with Crippen LogP contribution in [0.1, 0.15) is 31.7 Å². The zero-order valence-electron chi connectivity index (χ0n) is 17.7. The summed E-state index contributed by atoms with van der Waals surface area (Å²) in [6.07, 6.45) is 5.68. The zero-order valence-corrected chi connectivity index (χ0v) is 18.6. The number of pyridine rings is 1. The highest BCUT2D eigenvalue weighted by atomic mass is 32.1. The van der Waals surface area contributed by atoms with Crippen molar-refractivity contribution in [1.29, 1.82) is 0 Å². The van der Waals surface area contributed by atoms with Crippen molar-refractivity contribution in [3.63, 3.8) is 0 Å². The van der Waals surface area contributed by atoms with E-state index in [1.807, 2.05) is 66.9 Å². The number of carboxylic acids is 1. The number of ether oxygens (including phenoxy) is 1. The zero-order chi connectivity index (χ0) is 22.5. The first-order chi connectivity index (χ1) is 15.6. The molecule has 162 valence electrons. The van der Waals surface area contributed by atoms with Crippen molar-refractivity contribution in [3.8, 4) is 22.6 Å². The number of thiophene rings is 1. The minimum atomic E-state index is -0.894. The third-order valence-corrected chi connectivity index (χ3v) is 6.23. The molecule has 0 radical (unpaired) electrons. The molecule has 0 aliphatic heterocycles. The molecule has 6 heteroatoms. The molecular weight excluding hydrogens is 420 g/mol. The van der Waals surface area contributed by atoms with Crippen LogP contribution in [0.5, 0.6) is 11.5 Å². The number of rotatable bonds is 8. The number of benzene rings is 2. The maximum atomic E-state index is 11.7. The van der Waals surface area contributed by atoms with E-state index in [-0.39, 0.29) is 0 Å². The number of nitrogen functional groups attached to an aromatic ring is 1. The summed E-state index contributed by atoms with van der Waals surface area (Å²) < 4.78 is 6.82. The smallest absolute Gasteiger partial charge is 0.331 e. The van der Waals surface area contributed by atoms with Crippen LogP contribution in [-0.4, -0.2) is 16.1 Å². The molecule has 2 heterocycles. The second-order valence-electron chi connectivity index (χ2n) is 7.47. The van der Waals surface area contributed by atoms with Gasteiger partial charge in [-0.1, -0.05) is 43.7 Å². The number of unbranched alkanes of at least 4 members (excludes halogenated alkanes) is 1. The van der Waals surface area contributed by atoms with Crippen LogP contribution in [-0.2, 0) is 4.79 Å². The van der Waals surface area contributed by atoms with Gasteiger partial charge in [-0.3, -0.25) is 0 Å². The van der Waals surface area contributed by atoms with E-state index >= 15 is 0 Å². The number of fused-ring (bicyclic) bond motifs is 1. The van der Waals surface area contributed by atoms with Gasteiger partial charge in [0.25, 0.3) is 0 Å². The Morgan fingerprint density at radius 1 is 1.12 bits per heavy atom. The first-order valence-corrected chi connectivity index (χ1v) is 11.4. The summed E-state index contributed by atoms with van der Waals surface area (Å²) in [6.45, 7) is 2.05. The predicted octanol–water partition coefficient (Wildman–Crippen LogP) is 7.00. The molecule has 0 fully saturated rings. The molecule has 4 aromatic rings. The highest BCUT2D eigenvalue weighted by Gasteiger charge is 2.15. The molecule has 0 aliphatic rings. The van der Waals surface area contributed by atoms with E-state index in [1.165, 1.54) is 0 Å². The molecule has 32 heavy (non-hydrogen) atoms. The van der Waals surface area contributed by atoms with Crippen LogP contribution in [0.25, 0.3) is 27.3 Å². The van der Waals surface area contributed by atoms with Gasteiger partial charge < -0.3 is 15.6 Å². The van der Waals surface area contributed by atoms with Gasteiger partial charge >= 0.3 is 5.97 Å². The lowest BCUT2D eigenvalue weighted by Gasteiger charge is -2.08. The minimum absolute atomic E-state index is 0.386. The summed E-state index contributed by atoms with van der Waals surface area (Å²) in [6, 6.07) is 17.5. The summed E-state index contributed by atoms with van der Waals surface area (Å²) in [4.78, 5) is 16.0. The lowest BCUT2D eigenvalue weighted by molar-refractivity contribution is -0.132. The van der Waals surface area contributed by atoms with Gasteiger partial charge in [0.15, 0.2) is 0 Å². The summed E-state index contributed by atoms with van der Waals surface area (Å²) in [5.41, 5.74) is 9.38. The molecule has 0 amide bonds. The standard InChI is InChI=1S/C26H24N2O3S/c1-2-3-7-18(26(29)30)14-19-15-28-25(27)23-22(16-32-24(19)23)17-10-12-21(13-11-17)31-20-8-5-4-6-9-20/h4-6,8-16H,2-3,7H2,1H3,(H2,27,28)(H,29,30)/b18-14+. The van der Waals surface area contributed by atoms with E-state index in [0.717, 1.165) is 51.1 Å². The topological polar surface area (TPSA) is 85.4 Å². The number of carbonyl (C=O) groups is 1. The highest BCUT2D eigenvalue weighted by molar-refractivity contribution is 7.18. The summed E-state index contributed by atoms with van der Waals surface area (Å²) in [5, 5.41) is 12.5. The monoisotopic (exact) mass is 444 g/mol. The van der Waals surface area contributed by atoms with E-state index in [1.54, 1.807) is 23.6 Å². The summed E-state index contributed by atoms with van der Waals surface area (Å²) in [7, 11) is 0.